The molecule has 1 aliphatic rings. The van der Waals surface area contributed by atoms with E-state index in [1.54, 1.807) is 0 Å². The fourth-order valence-corrected chi connectivity index (χ4v) is 1.21. The van der Waals surface area contributed by atoms with Crippen molar-refractivity contribution in [1.82, 2.24) is 0 Å². The predicted octanol–water partition coefficient (Wildman–Crippen LogP) is 1.36. The van der Waals surface area contributed by atoms with Gasteiger partial charge in [-0.2, -0.15) is 4.89 Å². The van der Waals surface area contributed by atoms with Crippen LogP contribution >= 0.6 is 0 Å². The molecule has 0 amide bonds. The van der Waals surface area contributed by atoms with Crippen LogP contribution in [0.4, 0.5) is 0 Å². The molecule has 0 aromatic carbocycles. The summed E-state index contributed by atoms with van der Waals surface area (Å²) in [6, 6.07) is 0. The minimum absolute atomic E-state index is 0.191. The molecule has 86 valence electrons. The molecule has 0 bridgehead atoms. The number of carbonyl (C=O) groups excluding carboxylic acids is 2. The van der Waals surface area contributed by atoms with Crippen molar-refractivity contribution in [3.05, 3.63) is 0 Å². The van der Waals surface area contributed by atoms with Gasteiger partial charge in [0.2, 0.25) is 0 Å². The average molecular weight is 216 g/mol. The quantitative estimate of drug-likeness (QED) is 0.452. The molecule has 0 spiro atoms. The maximum absolute atomic E-state index is 11.1. The van der Waals surface area contributed by atoms with Gasteiger partial charge >= 0.3 is 11.9 Å². The van der Waals surface area contributed by atoms with Crippen LogP contribution in [0, 0.1) is 0 Å². The summed E-state index contributed by atoms with van der Waals surface area (Å²) in [7, 11) is 0. The van der Waals surface area contributed by atoms with Crippen LogP contribution in [0.5, 0.6) is 0 Å². The largest absolute Gasteiger partial charge is 0.466 e. The molecule has 0 saturated carbocycles. The zero-order valence-electron chi connectivity index (χ0n) is 8.70. The van der Waals surface area contributed by atoms with Gasteiger partial charge in [0.05, 0.1) is 13.2 Å². The lowest BCUT2D eigenvalue weighted by atomic mass is 10.2. The third-order valence-electron chi connectivity index (χ3n) is 2.05. The molecule has 0 aromatic heterocycles. The minimum atomic E-state index is -0.373. The van der Waals surface area contributed by atoms with Crippen LogP contribution in [0.2, 0.25) is 0 Å². The molecule has 1 saturated heterocycles. The second-order valence-corrected chi connectivity index (χ2v) is 3.41. The summed E-state index contributed by atoms with van der Waals surface area (Å²) in [6.45, 7) is 0.763. The lowest BCUT2D eigenvalue weighted by Crippen LogP contribution is -2.06. The Bertz CT molecular complexity index is 192. The number of cyclic esters (lactones) is 1. The molecular weight excluding hydrogens is 200 g/mol. The van der Waals surface area contributed by atoms with Crippen molar-refractivity contribution in [2.24, 2.45) is 0 Å². The fourth-order valence-electron chi connectivity index (χ4n) is 1.21. The van der Waals surface area contributed by atoms with Gasteiger partial charge in [-0.1, -0.05) is 0 Å². The lowest BCUT2D eigenvalue weighted by molar-refractivity contribution is -0.272. The highest BCUT2D eigenvalue weighted by Gasteiger charge is 2.08. The summed E-state index contributed by atoms with van der Waals surface area (Å²) in [5.41, 5.74) is 0. The Kier molecular flexibility index (Phi) is 5.77. The fraction of sp³-hybridized carbons (Fsp3) is 0.800. The minimum Gasteiger partial charge on any atom is -0.466 e. The Hall–Kier alpha value is -1.10. The van der Waals surface area contributed by atoms with Gasteiger partial charge in [0.25, 0.3) is 0 Å². The SMILES string of the molecule is O=C1CCCCC(=O)OOCCCCO1. The van der Waals surface area contributed by atoms with Crippen molar-refractivity contribution < 1.29 is 24.1 Å². The van der Waals surface area contributed by atoms with E-state index in [0.717, 1.165) is 6.42 Å². The number of hydrogen-bond acceptors (Lipinski definition) is 5. The maximum atomic E-state index is 11.1. The predicted molar refractivity (Wildman–Crippen MR) is 50.7 cm³/mol. The molecule has 0 radical (unpaired) electrons. The van der Waals surface area contributed by atoms with E-state index in [0.29, 0.717) is 38.9 Å². The average Bonchev–Trinajstić information content (AvgIpc) is 2.23. The first kappa shape index (κ1) is 12.0. The van der Waals surface area contributed by atoms with Gasteiger partial charge < -0.3 is 4.74 Å². The third-order valence-corrected chi connectivity index (χ3v) is 2.05. The zero-order chi connectivity index (χ0) is 10.9. The number of esters is 1. The number of carbonyl (C=O) groups is 2. The van der Waals surface area contributed by atoms with E-state index in [4.69, 9.17) is 9.62 Å². The Morgan fingerprint density at radius 1 is 0.800 bits per heavy atom. The van der Waals surface area contributed by atoms with Gasteiger partial charge in [-0.3, -0.25) is 9.68 Å². The van der Waals surface area contributed by atoms with Crippen LogP contribution in [-0.2, 0) is 24.1 Å². The van der Waals surface area contributed by atoms with E-state index in [1.807, 2.05) is 0 Å². The summed E-state index contributed by atoms with van der Waals surface area (Å²) in [4.78, 5) is 31.3. The topological polar surface area (TPSA) is 61.8 Å². The molecule has 0 atom stereocenters. The molecule has 0 aromatic rings. The van der Waals surface area contributed by atoms with Crippen LogP contribution in [0.15, 0.2) is 0 Å². The van der Waals surface area contributed by atoms with E-state index in [9.17, 15) is 9.59 Å². The van der Waals surface area contributed by atoms with Crippen LogP contribution < -0.4 is 0 Å². The van der Waals surface area contributed by atoms with Crippen molar-refractivity contribution >= 4 is 11.9 Å². The maximum Gasteiger partial charge on any atom is 0.342 e. The van der Waals surface area contributed by atoms with Gasteiger partial charge in [-0.05, 0) is 25.7 Å². The van der Waals surface area contributed by atoms with Crippen molar-refractivity contribution in [3.8, 4) is 0 Å². The second kappa shape index (κ2) is 7.23. The van der Waals surface area contributed by atoms with Crippen LogP contribution in [0.25, 0.3) is 0 Å². The molecule has 5 nitrogen and oxygen atoms in total. The summed E-state index contributed by atoms with van der Waals surface area (Å²) < 4.78 is 4.96. The van der Waals surface area contributed by atoms with E-state index in [1.165, 1.54) is 0 Å². The van der Waals surface area contributed by atoms with Gasteiger partial charge in [0.15, 0.2) is 0 Å². The van der Waals surface area contributed by atoms with Crippen molar-refractivity contribution in [1.29, 1.82) is 0 Å². The molecule has 5 heteroatoms. The van der Waals surface area contributed by atoms with E-state index in [-0.39, 0.29) is 18.4 Å². The van der Waals surface area contributed by atoms with Crippen LogP contribution in [-0.4, -0.2) is 25.2 Å². The van der Waals surface area contributed by atoms with E-state index < -0.39 is 0 Å². The molecule has 0 aliphatic carbocycles. The standard InChI is InChI=1S/C10H16O5/c11-9-5-1-2-6-10(12)15-14-8-4-3-7-13-9/h1-8H2. The smallest absolute Gasteiger partial charge is 0.342 e. The van der Waals surface area contributed by atoms with Gasteiger partial charge in [-0.25, -0.2) is 4.79 Å². The number of rotatable bonds is 0. The first-order valence-electron chi connectivity index (χ1n) is 5.27. The number of ether oxygens (including phenoxy) is 1. The highest BCUT2D eigenvalue weighted by Crippen LogP contribution is 2.05. The monoisotopic (exact) mass is 216 g/mol. The molecule has 1 aliphatic heterocycles. The molecule has 0 N–H and O–H groups in total. The summed E-state index contributed by atoms with van der Waals surface area (Å²) in [6.07, 6.45) is 3.36. The van der Waals surface area contributed by atoms with E-state index in [2.05, 4.69) is 4.89 Å². The summed E-state index contributed by atoms with van der Waals surface area (Å²) in [5, 5.41) is 0. The lowest BCUT2D eigenvalue weighted by Gasteiger charge is -2.03. The molecule has 1 rings (SSSR count). The third kappa shape index (κ3) is 6.06. The number of hydrogen-bond donors (Lipinski definition) is 0. The Morgan fingerprint density at radius 3 is 2.27 bits per heavy atom. The molecule has 1 fully saturated rings. The van der Waals surface area contributed by atoms with Crippen LogP contribution in [0.3, 0.4) is 0 Å². The summed E-state index contributed by atoms with van der Waals surface area (Å²) in [5.74, 6) is -0.564. The van der Waals surface area contributed by atoms with E-state index >= 15 is 0 Å². The zero-order valence-corrected chi connectivity index (χ0v) is 8.70. The molecule has 0 unspecified atom stereocenters. The summed E-state index contributed by atoms with van der Waals surface area (Å²) >= 11 is 0. The molecular formula is C10H16O5. The Labute approximate surface area is 88.6 Å². The molecule has 1 heterocycles. The van der Waals surface area contributed by atoms with Crippen molar-refractivity contribution in [2.45, 2.75) is 38.5 Å². The Morgan fingerprint density at radius 2 is 1.47 bits per heavy atom. The highest BCUT2D eigenvalue weighted by molar-refractivity contribution is 5.70. The highest BCUT2D eigenvalue weighted by atomic mass is 17.2. The Balaban J connectivity index is 2.27. The van der Waals surface area contributed by atoms with Gasteiger partial charge in [-0.15, -0.1) is 0 Å². The van der Waals surface area contributed by atoms with Crippen molar-refractivity contribution in [2.75, 3.05) is 13.2 Å². The second-order valence-electron chi connectivity index (χ2n) is 3.41. The van der Waals surface area contributed by atoms with Gasteiger partial charge in [0.1, 0.15) is 0 Å². The van der Waals surface area contributed by atoms with Crippen LogP contribution in [0.1, 0.15) is 38.5 Å². The first-order chi connectivity index (χ1) is 7.29. The molecule has 15 heavy (non-hydrogen) atoms. The normalized spacial score (nSPS) is 21.6. The first-order valence-corrected chi connectivity index (χ1v) is 5.27. The van der Waals surface area contributed by atoms with Gasteiger partial charge in [0, 0.05) is 12.8 Å². The van der Waals surface area contributed by atoms with Crippen molar-refractivity contribution in [3.63, 3.8) is 0 Å².